The SMILES string of the molecule is COc1ccc(COc2c(Br)cccc2CN)cc1. The van der Waals surface area contributed by atoms with Crippen molar-refractivity contribution in [1.29, 1.82) is 0 Å². The van der Waals surface area contributed by atoms with Crippen LogP contribution in [-0.4, -0.2) is 7.11 Å². The predicted octanol–water partition coefficient (Wildman–Crippen LogP) is 3.50. The summed E-state index contributed by atoms with van der Waals surface area (Å²) in [5, 5.41) is 0. The van der Waals surface area contributed by atoms with Crippen LogP contribution in [0.2, 0.25) is 0 Å². The van der Waals surface area contributed by atoms with Crippen molar-refractivity contribution in [2.75, 3.05) is 7.11 Å². The van der Waals surface area contributed by atoms with Gasteiger partial charge in [0.1, 0.15) is 18.1 Å². The van der Waals surface area contributed by atoms with Crippen molar-refractivity contribution in [2.45, 2.75) is 13.2 Å². The lowest BCUT2D eigenvalue weighted by atomic mass is 10.2. The molecular formula is C15H16BrNO2. The molecule has 0 amide bonds. The first-order valence-electron chi connectivity index (χ1n) is 5.97. The van der Waals surface area contributed by atoms with Gasteiger partial charge in [-0.05, 0) is 39.7 Å². The Morgan fingerprint density at radius 2 is 1.84 bits per heavy atom. The van der Waals surface area contributed by atoms with Gasteiger partial charge < -0.3 is 15.2 Å². The summed E-state index contributed by atoms with van der Waals surface area (Å²) in [4.78, 5) is 0. The number of methoxy groups -OCH3 is 1. The Hall–Kier alpha value is -1.52. The fourth-order valence-electron chi connectivity index (χ4n) is 1.75. The van der Waals surface area contributed by atoms with Crippen molar-refractivity contribution in [3.05, 3.63) is 58.1 Å². The number of nitrogens with two attached hydrogens (primary N) is 1. The number of hydrogen-bond donors (Lipinski definition) is 1. The molecule has 0 unspecified atom stereocenters. The summed E-state index contributed by atoms with van der Waals surface area (Å²) in [6.07, 6.45) is 0. The minimum Gasteiger partial charge on any atom is -0.497 e. The molecule has 0 atom stereocenters. The van der Waals surface area contributed by atoms with Gasteiger partial charge in [0.05, 0.1) is 11.6 Å². The van der Waals surface area contributed by atoms with Crippen molar-refractivity contribution in [3.63, 3.8) is 0 Å². The molecule has 2 aromatic carbocycles. The average molecular weight is 322 g/mol. The number of benzene rings is 2. The molecule has 0 heterocycles. The van der Waals surface area contributed by atoms with Crippen LogP contribution >= 0.6 is 15.9 Å². The molecule has 0 aliphatic heterocycles. The highest BCUT2D eigenvalue weighted by atomic mass is 79.9. The second-order valence-electron chi connectivity index (χ2n) is 4.07. The van der Waals surface area contributed by atoms with Gasteiger partial charge in [-0.3, -0.25) is 0 Å². The number of halogens is 1. The Bertz CT molecular complexity index is 540. The molecular weight excluding hydrogens is 306 g/mol. The Labute approximate surface area is 121 Å². The topological polar surface area (TPSA) is 44.5 Å². The molecule has 0 aromatic heterocycles. The van der Waals surface area contributed by atoms with E-state index in [0.29, 0.717) is 13.2 Å². The molecule has 4 heteroatoms. The molecule has 0 radical (unpaired) electrons. The summed E-state index contributed by atoms with van der Waals surface area (Å²) in [6, 6.07) is 13.7. The van der Waals surface area contributed by atoms with E-state index >= 15 is 0 Å². The highest BCUT2D eigenvalue weighted by molar-refractivity contribution is 9.10. The van der Waals surface area contributed by atoms with E-state index in [-0.39, 0.29) is 0 Å². The molecule has 19 heavy (non-hydrogen) atoms. The number of ether oxygens (including phenoxy) is 2. The van der Waals surface area contributed by atoms with E-state index in [9.17, 15) is 0 Å². The molecule has 0 saturated heterocycles. The second kappa shape index (κ2) is 6.59. The molecule has 3 nitrogen and oxygen atoms in total. The van der Waals surface area contributed by atoms with E-state index in [2.05, 4.69) is 15.9 Å². The Morgan fingerprint density at radius 3 is 2.47 bits per heavy atom. The molecule has 0 aliphatic carbocycles. The van der Waals surface area contributed by atoms with Crippen LogP contribution in [0.15, 0.2) is 46.9 Å². The van der Waals surface area contributed by atoms with E-state index in [0.717, 1.165) is 27.1 Å². The van der Waals surface area contributed by atoms with Gasteiger partial charge in [0.2, 0.25) is 0 Å². The summed E-state index contributed by atoms with van der Waals surface area (Å²) < 4.78 is 11.9. The molecule has 100 valence electrons. The third-order valence-electron chi connectivity index (χ3n) is 2.81. The van der Waals surface area contributed by atoms with Crippen molar-refractivity contribution < 1.29 is 9.47 Å². The van der Waals surface area contributed by atoms with Crippen molar-refractivity contribution in [3.8, 4) is 11.5 Å². The fraction of sp³-hybridized carbons (Fsp3) is 0.200. The maximum atomic E-state index is 5.85. The Morgan fingerprint density at radius 1 is 1.11 bits per heavy atom. The smallest absolute Gasteiger partial charge is 0.138 e. The van der Waals surface area contributed by atoms with Gasteiger partial charge in [-0.25, -0.2) is 0 Å². The van der Waals surface area contributed by atoms with Crippen molar-refractivity contribution in [1.82, 2.24) is 0 Å². The zero-order chi connectivity index (χ0) is 13.7. The number of hydrogen-bond acceptors (Lipinski definition) is 3. The van der Waals surface area contributed by atoms with E-state index in [1.54, 1.807) is 7.11 Å². The normalized spacial score (nSPS) is 10.3. The third kappa shape index (κ3) is 3.49. The highest BCUT2D eigenvalue weighted by Gasteiger charge is 2.07. The van der Waals surface area contributed by atoms with E-state index in [4.69, 9.17) is 15.2 Å². The van der Waals surface area contributed by atoms with Crippen LogP contribution in [0.5, 0.6) is 11.5 Å². The van der Waals surface area contributed by atoms with Crippen LogP contribution in [-0.2, 0) is 13.2 Å². The lowest BCUT2D eigenvalue weighted by Gasteiger charge is -2.12. The monoisotopic (exact) mass is 321 g/mol. The summed E-state index contributed by atoms with van der Waals surface area (Å²) in [5.41, 5.74) is 7.78. The van der Waals surface area contributed by atoms with Gasteiger partial charge in [0, 0.05) is 12.1 Å². The highest BCUT2D eigenvalue weighted by Crippen LogP contribution is 2.29. The lowest BCUT2D eigenvalue weighted by Crippen LogP contribution is -2.03. The quantitative estimate of drug-likeness (QED) is 0.916. The molecule has 2 aromatic rings. The molecule has 2 rings (SSSR count). The zero-order valence-corrected chi connectivity index (χ0v) is 12.3. The minimum absolute atomic E-state index is 0.456. The van der Waals surface area contributed by atoms with Crippen molar-refractivity contribution in [2.24, 2.45) is 5.73 Å². The van der Waals surface area contributed by atoms with Crippen LogP contribution in [0, 0.1) is 0 Å². The largest absolute Gasteiger partial charge is 0.497 e. The minimum atomic E-state index is 0.456. The molecule has 0 bridgehead atoms. The lowest BCUT2D eigenvalue weighted by molar-refractivity contribution is 0.301. The van der Waals surface area contributed by atoms with Gasteiger partial charge in [0.25, 0.3) is 0 Å². The van der Waals surface area contributed by atoms with Crippen LogP contribution < -0.4 is 15.2 Å². The first kappa shape index (κ1) is 13.9. The first-order valence-corrected chi connectivity index (χ1v) is 6.77. The zero-order valence-electron chi connectivity index (χ0n) is 10.7. The average Bonchev–Trinajstić information content (AvgIpc) is 2.46. The fourth-order valence-corrected chi connectivity index (χ4v) is 2.27. The van der Waals surface area contributed by atoms with Gasteiger partial charge in [0.15, 0.2) is 0 Å². The van der Waals surface area contributed by atoms with Gasteiger partial charge in [-0.15, -0.1) is 0 Å². The summed E-state index contributed by atoms with van der Waals surface area (Å²) in [7, 11) is 1.65. The predicted molar refractivity (Wildman–Crippen MR) is 79.4 cm³/mol. The number of para-hydroxylation sites is 1. The van der Waals surface area contributed by atoms with Gasteiger partial charge in [-0.2, -0.15) is 0 Å². The van der Waals surface area contributed by atoms with Crippen LogP contribution in [0.25, 0.3) is 0 Å². The summed E-state index contributed by atoms with van der Waals surface area (Å²) in [6.45, 7) is 0.955. The van der Waals surface area contributed by atoms with Crippen LogP contribution in [0.4, 0.5) is 0 Å². The maximum Gasteiger partial charge on any atom is 0.138 e. The Kier molecular flexibility index (Phi) is 4.82. The van der Waals surface area contributed by atoms with E-state index in [1.165, 1.54) is 0 Å². The number of rotatable bonds is 5. The molecule has 0 fully saturated rings. The third-order valence-corrected chi connectivity index (χ3v) is 3.44. The molecule has 0 saturated carbocycles. The van der Waals surface area contributed by atoms with Crippen molar-refractivity contribution >= 4 is 15.9 Å². The standard InChI is InChI=1S/C15H16BrNO2/c1-18-13-7-5-11(6-8-13)10-19-15-12(9-17)3-2-4-14(15)16/h2-8H,9-10,17H2,1H3. The summed E-state index contributed by atoms with van der Waals surface area (Å²) in [5.74, 6) is 1.65. The molecule has 0 aliphatic rings. The first-order chi connectivity index (χ1) is 9.24. The van der Waals surface area contributed by atoms with E-state index in [1.807, 2.05) is 42.5 Å². The van der Waals surface area contributed by atoms with Crippen LogP contribution in [0.3, 0.4) is 0 Å². The Balaban J connectivity index is 2.09. The molecule has 2 N–H and O–H groups in total. The second-order valence-corrected chi connectivity index (χ2v) is 4.92. The summed E-state index contributed by atoms with van der Waals surface area (Å²) >= 11 is 3.48. The van der Waals surface area contributed by atoms with Crippen LogP contribution in [0.1, 0.15) is 11.1 Å². The van der Waals surface area contributed by atoms with Gasteiger partial charge >= 0.3 is 0 Å². The van der Waals surface area contributed by atoms with Gasteiger partial charge in [-0.1, -0.05) is 24.3 Å². The van der Waals surface area contributed by atoms with E-state index < -0.39 is 0 Å². The maximum absolute atomic E-state index is 5.85. The molecule has 0 spiro atoms.